The molecule has 156 valence electrons. The van der Waals surface area contributed by atoms with Crippen molar-refractivity contribution < 1.29 is 9.59 Å². The first kappa shape index (κ1) is 21.6. The molecule has 0 aliphatic rings. The van der Waals surface area contributed by atoms with Crippen molar-refractivity contribution in [3.63, 3.8) is 0 Å². The van der Waals surface area contributed by atoms with Crippen molar-refractivity contribution in [2.75, 3.05) is 16.4 Å². The van der Waals surface area contributed by atoms with Crippen molar-refractivity contribution >= 4 is 79.2 Å². The maximum absolute atomic E-state index is 12.4. The van der Waals surface area contributed by atoms with Crippen LogP contribution >= 0.6 is 46.3 Å². The molecule has 1 aromatic heterocycles. The smallest absolute Gasteiger partial charge is 0.257 e. The minimum Gasteiger partial charge on any atom is -0.322 e. The number of nitrogens with one attached hydrogen (secondary N) is 2. The molecule has 0 radical (unpaired) electrons. The van der Waals surface area contributed by atoms with Gasteiger partial charge in [0.15, 0.2) is 5.13 Å². The number of anilines is 2. The second-order valence-corrected chi connectivity index (χ2v) is 9.35. The quantitative estimate of drug-likeness (QED) is 0.301. The van der Waals surface area contributed by atoms with E-state index in [4.69, 9.17) is 23.2 Å². The first-order valence-corrected chi connectivity index (χ1v) is 11.7. The van der Waals surface area contributed by atoms with Crippen LogP contribution in [-0.2, 0) is 4.79 Å². The number of aromatic nitrogens is 1. The van der Waals surface area contributed by atoms with Gasteiger partial charge in [-0.05, 0) is 54.6 Å². The Labute approximate surface area is 196 Å². The predicted octanol–water partition coefficient (Wildman–Crippen LogP) is 6.59. The van der Waals surface area contributed by atoms with Gasteiger partial charge in [0.25, 0.3) is 5.91 Å². The Morgan fingerprint density at radius 1 is 0.968 bits per heavy atom. The lowest BCUT2D eigenvalue weighted by Gasteiger charge is -2.08. The van der Waals surface area contributed by atoms with E-state index in [0.717, 1.165) is 15.1 Å². The van der Waals surface area contributed by atoms with Crippen LogP contribution in [0.2, 0.25) is 10.0 Å². The van der Waals surface area contributed by atoms with Gasteiger partial charge in [0.2, 0.25) is 5.91 Å². The van der Waals surface area contributed by atoms with Crippen LogP contribution < -0.4 is 10.6 Å². The van der Waals surface area contributed by atoms with Crippen molar-refractivity contribution in [2.45, 2.75) is 4.90 Å². The van der Waals surface area contributed by atoms with E-state index in [1.54, 1.807) is 24.3 Å². The summed E-state index contributed by atoms with van der Waals surface area (Å²) in [4.78, 5) is 29.9. The highest BCUT2D eigenvalue weighted by atomic mass is 35.5. The fraction of sp³-hybridized carbons (Fsp3) is 0.0455. The van der Waals surface area contributed by atoms with Crippen LogP contribution in [0.4, 0.5) is 10.8 Å². The molecule has 2 N–H and O–H groups in total. The molecule has 0 unspecified atom stereocenters. The van der Waals surface area contributed by atoms with Gasteiger partial charge in [-0.3, -0.25) is 9.59 Å². The summed E-state index contributed by atoms with van der Waals surface area (Å²) in [6, 6.07) is 19.7. The summed E-state index contributed by atoms with van der Waals surface area (Å²) in [7, 11) is 0. The molecule has 9 heteroatoms. The van der Waals surface area contributed by atoms with Crippen molar-refractivity contribution in [3.05, 3.63) is 82.3 Å². The number of para-hydroxylation sites is 1. The van der Waals surface area contributed by atoms with Crippen LogP contribution in [0.5, 0.6) is 0 Å². The second-order valence-electron chi connectivity index (χ2n) is 6.43. The largest absolute Gasteiger partial charge is 0.322 e. The Balaban J connectivity index is 1.30. The number of carbonyl (C=O) groups is 2. The monoisotopic (exact) mass is 487 g/mol. The van der Waals surface area contributed by atoms with Crippen molar-refractivity contribution in [3.8, 4) is 0 Å². The number of nitrogens with zero attached hydrogens (tertiary/aromatic N) is 1. The Hall–Kier alpha value is -2.58. The van der Waals surface area contributed by atoms with Crippen LogP contribution in [0.3, 0.4) is 0 Å². The molecule has 3 aromatic carbocycles. The van der Waals surface area contributed by atoms with E-state index in [0.29, 0.717) is 21.4 Å². The van der Waals surface area contributed by atoms with E-state index in [2.05, 4.69) is 15.6 Å². The van der Waals surface area contributed by atoms with Crippen molar-refractivity contribution in [1.82, 2.24) is 4.98 Å². The minimum atomic E-state index is -0.322. The molecule has 0 bridgehead atoms. The zero-order valence-corrected chi connectivity index (χ0v) is 19.0. The molecule has 1 heterocycles. The van der Waals surface area contributed by atoms with Crippen LogP contribution in [0.15, 0.2) is 71.6 Å². The average molecular weight is 488 g/mol. The maximum atomic E-state index is 12.4. The number of carbonyl (C=O) groups excluding carboxylic acids is 2. The normalized spacial score (nSPS) is 10.8. The van der Waals surface area contributed by atoms with Gasteiger partial charge < -0.3 is 10.6 Å². The molecule has 0 saturated carbocycles. The van der Waals surface area contributed by atoms with Crippen molar-refractivity contribution in [2.24, 2.45) is 0 Å². The summed E-state index contributed by atoms with van der Waals surface area (Å²) < 4.78 is 1.03. The number of fused-ring (bicyclic) bond motifs is 1. The van der Waals surface area contributed by atoms with Gasteiger partial charge >= 0.3 is 0 Å². The van der Waals surface area contributed by atoms with Gasteiger partial charge in [0.05, 0.1) is 26.6 Å². The van der Waals surface area contributed by atoms with E-state index in [9.17, 15) is 9.59 Å². The number of halogens is 2. The highest BCUT2D eigenvalue weighted by Crippen LogP contribution is 2.27. The Kier molecular flexibility index (Phi) is 6.77. The Morgan fingerprint density at radius 3 is 2.48 bits per heavy atom. The Bertz CT molecular complexity index is 1230. The number of rotatable bonds is 6. The van der Waals surface area contributed by atoms with Gasteiger partial charge in [-0.2, -0.15) is 0 Å². The highest BCUT2D eigenvalue weighted by molar-refractivity contribution is 8.00. The van der Waals surface area contributed by atoms with Gasteiger partial charge in [-0.1, -0.05) is 46.7 Å². The fourth-order valence-electron chi connectivity index (χ4n) is 2.74. The Morgan fingerprint density at radius 2 is 1.74 bits per heavy atom. The van der Waals surface area contributed by atoms with Gasteiger partial charge in [0, 0.05) is 15.6 Å². The summed E-state index contributed by atoms with van der Waals surface area (Å²) in [6.45, 7) is 0. The number of amides is 2. The number of thioether (sulfide) groups is 1. The first-order valence-electron chi connectivity index (χ1n) is 9.12. The molecule has 31 heavy (non-hydrogen) atoms. The third-order valence-electron chi connectivity index (χ3n) is 4.20. The molecule has 4 aromatic rings. The number of hydrogen-bond donors (Lipinski definition) is 2. The molecule has 0 saturated heterocycles. The number of benzene rings is 3. The van der Waals surface area contributed by atoms with E-state index in [1.165, 1.54) is 29.2 Å². The second kappa shape index (κ2) is 9.70. The van der Waals surface area contributed by atoms with E-state index >= 15 is 0 Å². The van der Waals surface area contributed by atoms with Gasteiger partial charge in [-0.25, -0.2) is 4.98 Å². The highest BCUT2D eigenvalue weighted by Gasteiger charge is 2.12. The first-order chi connectivity index (χ1) is 15.0. The molecule has 4 rings (SSSR count). The van der Waals surface area contributed by atoms with Crippen LogP contribution in [-0.4, -0.2) is 22.6 Å². The fourth-order valence-corrected chi connectivity index (χ4v) is 4.81. The summed E-state index contributed by atoms with van der Waals surface area (Å²) in [5.41, 5.74) is 1.84. The molecule has 0 fully saturated rings. The SMILES string of the molecule is O=C(CSc1ccc(NC(=O)c2ccc(Cl)cc2Cl)cc1)Nc1nc2ccccc2s1. The summed E-state index contributed by atoms with van der Waals surface area (Å²) in [6.07, 6.45) is 0. The van der Waals surface area contributed by atoms with E-state index in [-0.39, 0.29) is 22.6 Å². The van der Waals surface area contributed by atoms with Gasteiger partial charge in [0.1, 0.15) is 0 Å². The average Bonchev–Trinajstić information content (AvgIpc) is 3.15. The number of thiazole rings is 1. The van der Waals surface area contributed by atoms with Crippen molar-refractivity contribution in [1.29, 1.82) is 0 Å². The van der Waals surface area contributed by atoms with Crippen LogP contribution in [0, 0.1) is 0 Å². The zero-order valence-electron chi connectivity index (χ0n) is 15.9. The van der Waals surface area contributed by atoms with Crippen LogP contribution in [0.25, 0.3) is 10.2 Å². The third-order valence-corrected chi connectivity index (χ3v) is 6.71. The predicted molar refractivity (Wildman–Crippen MR) is 130 cm³/mol. The molecular formula is C22H15Cl2N3O2S2. The molecule has 0 spiro atoms. The van der Waals surface area contributed by atoms with Crippen LogP contribution in [0.1, 0.15) is 10.4 Å². The molecule has 0 aliphatic carbocycles. The summed E-state index contributed by atoms with van der Waals surface area (Å²) in [5.74, 6) is -0.196. The zero-order chi connectivity index (χ0) is 21.8. The maximum Gasteiger partial charge on any atom is 0.257 e. The standard InChI is InChI=1S/C22H15Cl2N3O2S2/c23-13-5-10-16(17(24)11-13)21(29)25-14-6-8-15(9-7-14)30-12-20(28)27-22-26-18-3-1-2-4-19(18)31-22/h1-11H,12H2,(H,25,29)(H,26,27,28). The minimum absolute atomic E-state index is 0.126. The lowest BCUT2D eigenvalue weighted by molar-refractivity contribution is -0.113. The lowest BCUT2D eigenvalue weighted by atomic mass is 10.2. The van der Waals surface area contributed by atoms with E-state index < -0.39 is 0 Å². The summed E-state index contributed by atoms with van der Waals surface area (Å²) >= 11 is 14.8. The lowest BCUT2D eigenvalue weighted by Crippen LogP contribution is -2.13. The molecule has 5 nitrogen and oxygen atoms in total. The molecule has 2 amide bonds. The van der Waals surface area contributed by atoms with E-state index in [1.807, 2.05) is 36.4 Å². The number of hydrogen-bond acceptors (Lipinski definition) is 5. The molecular weight excluding hydrogens is 473 g/mol. The van der Waals surface area contributed by atoms with Gasteiger partial charge in [-0.15, -0.1) is 11.8 Å². The summed E-state index contributed by atoms with van der Waals surface area (Å²) in [5, 5.41) is 6.97. The molecule has 0 atom stereocenters. The topological polar surface area (TPSA) is 71.1 Å². The molecule has 0 aliphatic heterocycles. The third kappa shape index (κ3) is 5.57.